The summed E-state index contributed by atoms with van der Waals surface area (Å²) >= 11 is 0. The van der Waals surface area contributed by atoms with Gasteiger partial charge in [0.25, 0.3) is 0 Å². The maximum Gasteiger partial charge on any atom is 0.416 e. The third-order valence-electron chi connectivity index (χ3n) is 4.69. The highest BCUT2D eigenvalue weighted by atomic mass is 19.4. The van der Waals surface area contributed by atoms with E-state index in [1.54, 1.807) is 19.1 Å². The monoisotopic (exact) mass is 352 g/mol. The first-order valence-electron chi connectivity index (χ1n) is 8.14. The molecule has 0 spiro atoms. The summed E-state index contributed by atoms with van der Waals surface area (Å²) < 4.78 is 40.3. The summed E-state index contributed by atoms with van der Waals surface area (Å²) in [6, 6.07) is 5.21. The molecule has 7 heteroatoms. The molecule has 1 aromatic carbocycles. The molecule has 1 amide bonds. The molecular weight excluding hydrogens is 333 g/mol. The fraction of sp³-hybridized carbons (Fsp3) is 0.444. The van der Waals surface area contributed by atoms with Crippen LogP contribution in [0.15, 0.2) is 35.5 Å². The molecule has 3 rings (SSSR count). The molecule has 1 aliphatic heterocycles. The molecule has 1 atom stereocenters. The Morgan fingerprint density at radius 2 is 1.80 bits per heavy atom. The highest BCUT2D eigenvalue weighted by molar-refractivity contribution is 6.01. The van der Waals surface area contributed by atoms with Crippen LogP contribution in [0.2, 0.25) is 0 Å². The third kappa shape index (κ3) is 3.08. The van der Waals surface area contributed by atoms with Crippen molar-refractivity contribution in [2.24, 2.45) is 0 Å². The third-order valence-corrected chi connectivity index (χ3v) is 4.69. The second-order valence-electron chi connectivity index (χ2n) is 6.53. The van der Waals surface area contributed by atoms with Crippen LogP contribution in [0.1, 0.15) is 42.7 Å². The highest BCUT2D eigenvalue weighted by Gasteiger charge is 2.43. The van der Waals surface area contributed by atoms with Gasteiger partial charge < -0.3 is 0 Å². The lowest BCUT2D eigenvalue weighted by molar-refractivity contribution is -0.144. The second kappa shape index (κ2) is 6.29. The first-order chi connectivity index (χ1) is 11.7. The average molecular weight is 352 g/mol. The summed E-state index contributed by atoms with van der Waals surface area (Å²) in [7, 11) is 3.37. The molecule has 0 bridgehead atoms. The smallest absolute Gasteiger partial charge is 0.294 e. The van der Waals surface area contributed by atoms with Gasteiger partial charge in [0.15, 0.2) is 5.78 Å². The van der Waals surface area contributed by atoms with Crippen molar-refractivity contribution in [3.8, 4) is 0 Å². The predicted molar refractivity (Wildman–Crippen MR) is 85.2 cm³/mol. The Bertz CT molecular complexity index is 753. The number of rotatable bonds is 2. The van der Waals surface area contributed by atoms with Gasteiger partial charge in [-0.25, -0.2) is 10.0 Å². The zero-order valence-electron chi connectivity index (χ0n) is 14.1. The number of amides is 1. The van der Waals surface area contributed by atoms with E-state index in [0.29, 0.717) is 30.5 Å². The van der Waals surface area contributed by atoms with E-state index in [2.05, 4.69) is 0 Å². The van der Waals surface area contributed by atoms with Gasteiger partial charge in [0.2, 0.25) is 5.91 Å². The maximum absolute atomic E-state index is 13.4. The Labute approximate surface area is 143 Å². The van der Waals surface area contributed by atoms with Gasteiger partial charge in [-0.3, -0.25) is 9.59 Å². The SMILES string of the molecule is CN(C)N1C(=O)C[C@@H](c2ccccc2C(F)(F)F)C2=C1CCCC2=O. The first-order valence-corrected chi connectivity index (χ1v) is 8.14. The Balaban J connectivity index is 2.19. The number of hydrogen-bond acceptors (Lipinski definition) is 3. The number of Topliss-reactive ketones (excluding diaryl/α,β-unsaturated/α-hetero) is 1. The van der Waals surface area contributed by atoms with Gasteiger partial charge in [-0.2, -0.15) is 13.2 Å². The van der Waals surface area contributed by atoms with Crippen molar-refractivity contribution < 1.29 is 22.8 Å². The number of nitrogens with zero attached hydrogens (tertiary/aromatic N) is 2. The molecule has 0 fully saturated rings. The van der Waals surface area contributed by atoms with Crippen LogP contribution in [-0.2, 0) is 15.8 Å². The van der Waals surface area contributed by atoms with Crippen LogP contribution in [0.5, 0.6) is 0 Å². The quantitative estimate of drug-likeness (QED) is 0.818. The zero-order chi connectivity index (χ0) is 18.4. The minimum atomic E-state index is -4.53. The van der Waals surface area contributed by atoms with Crippen LogP contribution in [0, 0.1) is 0 Å². The summed E-state index contributed by atoms with van der Waals surface area (Å²) in [5.41, 5.74) is 0.122. The molecular formula is C18H19F3N2O2. The lowest BCUT2D eigenvalue weighted by atomic mass is 9.76. The van der Waals surface area contributed by atoms with E-state index < -0.39 is 17.7 Å². The maximum atomic E-state index is 13.4. The van der Waals surface area contributed by atoms with Crippen LogP contribution < -0.4 is 0 Å². The molecule has 0 saturated carbocycles. The topological polar surface area (TPSA) is 40.6 Å². The van der Waals surface area contributed by atoms with Crippen molar-refractivity contribution in [1.82, 2.24) is 10.0 Å². The fourth-order valence-electron chi connectivity index (χ4n) is 3.76. The van der Waals surface area contributed by atoms with Crippen molar-refractivity contribution in [2.45, 2.75) is 37.8 Å². The second-order valence-corrected chi connectivity index (χ2v) is 6.53. The molecule has 0 saturated heterocycles. The average Bonchev–Trinajstić information content (AvgIpc) is 2.53. The predicted octanol–water partition coefficient (Wildman–Crippen LogP) is 3.51. The largest absolute Gasteiger partial charge is 0.416 e. The minimum absolute atomic E-state index is 0.00417. The number of ketones is 1. The lowest BCUT2D eigenvalue weighted by Gasteiger charge is -2.41. The van der Waals surface area contributed by atoms with Gasteiger partial charge in [0.1, 0.15) is 0 Å². The van der Waals surface area contributed by atoms with Crippen LogP contribution in [-0.4, -0.2) is 35.8 Å². The molecule has 0 radical (unpaired) electrons. The van der Waals surface area contributed by atoms with Gasteiger partial charge in [-0.15, -0.1) is 0 Å². The highest BCUT2D eigenvalue weighted by Crippen LogP contribution is 2.45. The molecule has 1 heterocycles. The van der Waals surface area contributed by atoms with Crippen molar-refractivity contribution >= 4 is 11.7 Å². The van der Waals surface area contributed by atoms with Crippen LogP contribution in [0.4, 0.5) is 13.2 Å². The summed E-state index contributed by atoms with van der Waals surface area (Å²) in [5, 5.41) is 3.02. The summed E-state index contributed by atoms with van der Waals surface area (Å²) in [6.45, 7) is 0. The molecule has 25 heavy (non-hydrogen) atoms. The number of hydrazine groups is 1. The Hall–Kier alpha value is -2.15. The van der Waals surface area contributed by atoms with E-state index in [4.69, 9.17) is 0 Å². The van der Waals surface area contributed by atoms with E-state index in [1.165, 1.54) is 23.2 Å². The number of alkyl halides is 3. The summed E-state index contributed by atoms with van der Waals surface area (Å²) in [6.07, 6.45) is -3.26. The van der Waals surface area contributed by atoms with E-state index in [-0.39, 0.29) is 23.7 Å². The number of halogens is 3. The molecule has 0 N–H and O–H groups in total. The molecule has 2 aliphatic rings. The van der Waals surface area contributed by atoms with Gasteiger partial charge in [0.05, 0.1) is 5.56 Å². The minimum Gasteiger partial charge on any atom is -0.294 e. The molecule has 1 aliphatic carbocycles. The standard InChI is InChI=1S/C18H19F3N2O2/c1-22(2)23-14-8-5-9-15(24)17(14)12(10-16(23)25)11-6-3-4-7-13(11)18(19,20)21/h3-4,6-7,12H,5,8-10H2,1-2H3/t12-/m0/s1. The van der Waals surface area contributed by atoms with Crippen molar-refractivity contribution in [2.75, 3.05) is 14.1 Å². The van der Waals surface area contributed by atoms with Crippen molar-refractivity contribution in [3.05, 3.63) is 46.7 Å². The normalized spacial score (nSPS) is 21.8. The molecule has 1 aromatic rings. The number of hydrogen-bond donors (Lipinski definition) is 0. The molecule has 4 nitrogen and oxygen atoms in total. The zero-order valence-corrected chi connectivity index (χ0v) is 14.1. The van der Waals surface area contributed by atoms with Gasteiger partial charge in [-0.1, -0.05) is 18.2 Å². The molecule has 134 valence electrons. The Kier molecular flexibility index (Phi) is 4.45. The van der Waals surface area contributed by atoms with Gasteiger partial charge in [-0.05, 0) is 24.5 Å². The van der Waals surface area contributed by atoms with Crippen LogP contribution in [0.25, 0.3) is 0 Å². The Morgan fingerprint density at radius 3 is 2.44 bits per heavy atom. The number of benzene rings is 1. The molecule has 0 unspecified atom stereocenters. The van der Waals surface area contributed by atoms with Crippen LogP contribution in [0.3, 0.4) is 0 Å². The van der Waals surface area contributed by atoms with Gasteiger partial charge in [0, 0.05) is 44.1 Å². The van der Waals surface area contributed by atoms with Crippen LogP contribution >= 0.6 is 0 Å². The summed E-state index contributed by atoms with van der Waals surface area (Å²) in [5.74, 6) is -1.30. The molecule has 0 aromatic heterocycles. The van der Waals surface area contributed by atoms with Crippen molar-refractivity contribution in [1.29, 1.82) is 0 Å². The van der Waals surface area contributed by atoms with E-state index in [0.717, 1.165) is 6.07 Å². The number of carbonyl (C=O) groups excluding carboxylic acids is 2. The number of carbonyl (C=O) groups is 2. The number of allylic oxidation sites excluding steroid dienone is 2. The van der Waals surface area contributed by atoms with E-state index in [9.17, 15) is 22.8 Å². The van der Waals surface area contributed by atoms with E-state index >= 15 is 0 Å². The van der Waals surface area contributed by atoms with Crippen molar-refractivity contribution in [3.63, 3.8) is 0 Å². The summed E-state index contributed by atoms with van der Waals surface area (Å²) in [4.78, 5) is 25.2. The first kappa shape index (κ1) is 17.7. The Morgan fingerprint density at radius 1 is 1.12 bits per heavy atom. The fourth-order valence-corrected chi connectivity index (χ4v) is 3.76. The lowest BCUT2D eigenvalue weighted by Crippen LogP contribution is -2.47. The van der Waals surface area contributed by atoms with Gasteiger partial charge >= 0.3 is 6.18 Å². The van der Waals surface area contributed by atoms with E-state index in [1.807, 2.05) is 0 Å².